The number of rotatable bonds is 6. The molecule has 4 heterocycles. The van der Waals surface area contributed by atoms with Gasteiger partial charge in [-0.05, 0) is 47.9 Å². The van der Waals surface area contributed by atoms with Crippen LogP contribution >= 0.6 is 0 Å². The van der Waals surface area contributed by atoms with Crippen molar-refractivity contribution in [2.45, 2.75) is 12.3 Å². The van der Waals surface area contributed by atoms with Crippen molar-refractivity contribution in [3.8, 4) is 0 Å². The van der Waals surface area contributed by atoms with Crippen molar-refractivity contribution >= 4 is 17.5 Å². The molecule has 144 valence electrons. The predicted molar refractivity (Wildman–Crippen MR) is 110 cm³/mol. The minimum absolute atomic E-state index is 0.268. The van der Waals surface area contributed by atoms with Crippen LogP contribution in [0.5, 0.6) is 0 Å². The lowest BCUT2D eigenvalue weighted by Crippen LogP contribution is -2.11. The minimum Gasteiger partial charge on any atom is -0.384 e. The van der Waals surface area contributed by atoms with E-state index in [1.54, 1.807) is 36.8 Å². The molecule has 0 aliphatic rings. The molecule has 4 rings (SSSR count). The van der Waals surface area contributed by atoms with Crippen LogP contribution in [0.1, 0.15) is 22.6 Å². The minimum atomic E-state index is -0.489. The Labute approximate surface area is 167 Å². The summed E-state index contributed by atoms with van der Waals surface area (Å²) in [7, 11) is 0. The molecule has 0 amide bonds. The van der Waals surface area contributed by atoms with Gasteiger partial charge in [-0.3, -0.25) is 4.98 Å². The summed E-state index contributed by atoms with van der Waals surface area (Å²) in [6.07, 6.45) is 7.10. The largest absolute Gasteiger partial charge is 0.384 e. The van der Waals surface area contributed by atoms with E-state index in [1.807, 2.05) is 36.4 Å². The number of hydrogen-bond acceptors (Lipinski definition) is 6. The Morgan fingerprint density at radius 3 is 2.55 bits per heavy atom. The summed E-state index contributed by atoms with van der Waals surface area (Å²) in [5.41, 5.74) is 8.09. The van der Waals surface area contributed by atoms with Gasteiger partial charge in [0, 0.05) is 36.3 Å². The highest BCUT2D eigenvalue weighted by Crippen LogP contribution is 2.31. The van der Waals surface area contributed by atoms with E-state index in [9.17, 15) is 4.39 Å². The van der Waals surface area contributed by atoms with Crippen molar-refractivity contribution in [1.82, 2.24) is 19.9 Å². The molecule has 7 heteroatoms. The predicted octanol–water partition coefficient (Wildman–Crippen LogP) is 4.11. The zero-order valence-corrected chi connectivity index (χ0v) is 15.5. The standard InChI is InChI=1S/C22H19FN6/c23-21-17(7-4-11-26-21)18(16-6-2-10-25-14-16)13-15-5-3-12-27-22(15)29-20-9-1-8-19(24)28-20/h1-12,14,18H,13H2,(H3,24,27,28,29). The summed E-state index contributed by atoms with van der Waals surface area (Å²) in [4.78, 5) is 16.7. The lowest BCUT2D eigenvalue weighted by Gasteiger charge is -2.19. The Kier molecular flexibility index (Phi) is 5.38. The van der Waals surface area contributed by atoms with Gasteiger partial charge in [-0.1, -0.05) is 24.3 Å². The smallest absolute Gasteiger partial charge is 0.216 e. The molecule has 0 fully saturated rings. The average molecular weight is 386 g/mol. The van der Waals surface area contributed by atoms with Gasteiger partial charge in [0.05, 0.1) is 0 Å². The second kappa shape index (κ2) is 8.43. The summed E-state index contributed by atoms with van der Waals surface area (Å²) < 4.78 is 14.5. The van der Waals surface area contributed by atoms with Crippen LogP contribution in [0.15, 0.2) is 79.4 Å². The van der Waals surface area contributed by atoms with E-state index >= 15 is 0 Å². The van der Waals surface area contributed by atoms with Gasteiger partial charge in [0.2, 0.25) is 5.95 Å². The van der Waals surface area contributed by atoms with Crippen LogP contribution in [0.4, 0.5) is 21.8 Å². The SMILES string of the molecule is Nc1cccc(Nc2ncccc2CC(c2cccnc2)c2cccnc2F)n1. The number of nitrogen functional groups attached to an aromatic ring is 1. The van der Waals surface area contributed by atoms with Crippen LogP contribution in [-0.2, 0) is 6.42 Å². The summed E-state index contributed by atoms with van der Waals surface area (Å²) in [6.45, 7) is 0. The van der Waals surface area contributed by atoms with E-state index in [-0.39, 0.29) is 5.92 Å². The molecule has 0 saturated carbocycles. The summed E-state index contributed by atoms with van der Waals surface area (Å²) in [5.74, 6) is 0.894. The third-order valence-corrected chi connectivity index (χ3v) is 4.58. The maximum absolute atomic E-state index is 14.5. The zero-order valence-electron chi connectivity index (χ0n) is 15.5. The third kappa shape index (κ3) is 4.35. The molecule has 0 radical (unpaired) electrons. The van der Waals surface area contributed by atoms with E-state index in [1.165, 1.54) is 6.20 Å². The number of nitrogens with two attached hydrogens (primary N) is 1. The summed E-state index contributed by atoms with van der Waals surface area (Å²) >= 11 is 0. The van der Waals surface area contributed by atoms with Gasteiger partial charge < -0.3 is 11.1 Å². The molecule has 6 nitrogen and oxygen atoms in total. The Hall–Kier alpha value is -3.87. The van der Waals surface area contributed by atoms with Crippen molar-refractivity contribution < 1.29 is 4.39 Å². The monoisotopic (exact) mass is 386 g/mol. The lowest BCUT2D eigenvalue weighted by molar-refractivity contribution is 0.554. The second-order valence-corrected chi connectivity index (χ2v) is 6.51. The Morgan fingerprint density at radius 2 is 1.76 bits per heavy atom. The number of hydrogen-bond donors (Lipinski definition) is 2. The van der Waals surface area contributed by atoms with Gasteiger partial charge in [0.1, 0.15) is 17.5 Å². The first kappa shape index (κ1) is 18.5. The highest BCUT2D eigenvalue weighted by atomic mass is 19.1. The topological polar surface area (TPSA) is 89.6 Å². The fourth-order valence-electron chi connectivity index (χ4n) is 3.23. The Bertz CT molecular complexity index is 1100. The Morgan fingerprint density at radius 1 is 0.931 bits per heavy atom. The van der Waals surface area contributed by atoms with Crippen molar-refractivity contribution in [3.63, 3.8) is 0 Å². The first-order valence-electron chi connectivity index (χ1n) is 9.14. The van der Waals surface area contributed by atoms with Crippen LogP contribution in [0, 0.1) is 5.95 Å². The molecule has 0 aliphatic heterocycles. The van der Waals surface area contributed by atoms with Crippen LogP contribution in [0.3, 0.4) is 0 Å². The number of pyridine rings is 4. The lowest BCUT2D eigenvalue weighted by atomic mass is 9.87. The van der Waals surface area contributed by atoms with Crippen molar-refractivity contribution in [2.24, 2.45) is 0 Å². The van der Waals surface area contributed by atoms with E-state index < -0.39 is 5.95 Å². The van der Waals surface area contributed by atoms with Gasteiger partial charge in [0.15, 0.2) is 0 Å². The molecular formula is C22H19FN6. The molecule has 0 aromatic carbocycles. The molecule has 0 saturated heterocycles. The highest BCUT2D eigenvalue weighted by molar-refractivity contribution is 5.58. The summed E-state index contributed by atoms with van der Waals surface area (Å²) in [5, 5.41) is 3.21. The molecule has 3 N–H and O–H groups in total. The maximum Gasteiger partial charge on any atom is 0.216 e. The van der Waals surface area contributed by atoms with Gasteiger partial charge in [0.25, 0.3) is 0 Å². The third-order valence-electron chi connectivity index (χ3n) is 4.58. The van der Waals surface area contributed by atoms with Gasteiger partial charge in [-0.15, -0.1) is 0 Å². The second-order valence-electron chi connectivity index (χ2n) is 6.51. The highest BCUT2D eigenvalue weighted by Gasteiger charge is 2.21. The van der Waals surface area contributed by atoms with Crippen LogP contribution in [0.25, 0.3) is 0 Å². The maximum atomic E-state index is 14.5. The number of anilines is 3. The van der Waals surface area contributed by atoms with Crippen molar-refractivity contribution in [2.75, 3.05) is 11.1 Å². The van der Waals surface area contributed by atoms with Crippen LogP contribution < -0.4 is 11.1 Å². The zero-order chi connectivity index (χ0) is 20.1. The number of nitrogens with zero attached hydrogens (tertiary/aromatic N) is 4. The molecule has 0 aliphatic carbocycles. The molecule has 4 aromatic heterocycles. The first-order chi connectivity index (χ1) is 14.2. The Balaban J connectivity index is 1.71. The quantitative estimate of drug-likeness (QED) is 0.485. The molecule has 1 atom stereocenters. The number of aromatic nitrogens is 4. The summed E-state index contributed by atoms with van der Waals surface area (Å²) in [6, 6.07) is 16.4. The van der Waals surface area contributed by atoms with Gasteiger partial charge >= 0.3 is 0 Å². The number of nitrogens with one attached hydrogen (secondary N) is 1. The average Bonchev–Trinajstić information content (AvgIpc) is 2.74. The van der Waals surface area contributed by atoms with Crippen LogP contribution in [-0.4, -0.2) is 19.9 Å². The molecular weight excluding hydrogens is 367 g/mol. The van der Waals surface area contributed by atoms with E-state index in [4.69, 9.17) is 5.73 Å². The van der Waals surface area contributed by atoms with Crippen molar-refractivity contribution in [3.05, 3.63) is 102 Å². The number of halogens is 1. The van der Waals surface area contributed by atoms with E-state index in [2.05, 4.69) is 25.3 Å². The van der Waals surface area contributed by atoms with Gasteiger partial charge in [-0.2, -0.15) is 4.39 Å². The van der Waals surface area contributed by atoms with E-state index in [0.717, 1.165) is 11.1 Å². The molecule has 4 aromatic rings. The fraction of sp³-hybridized carbons (Fsp3) is 0.0909. The van der Waals surface area contributed by atoms with Crippen LogP contribution in [0.2, 0.25) is 0 Å². The van der Waals surface area contributed by atoms with Crippen molar-refractivity contribution in [1.29, 1.82) is 0 Å². The van der Waals surface area contributed by atoms with Gasteiger partial charge in [-0.25, -0.2) is 15.0 Å². The fourth-order valence-corrected chi connectivity index (χ4v) is 3.23. The normalized spacial score (nSPS) is 11.8. The molecule has 29 heavy (non-hydrogen) atoms. The molecule has 0 spiro atoms. The van der Waals surface area contributed by atoms with E-state index in [0.29, 0.717) is 29.4 Å². The molecule has 1 unspecified atom stereocenters. The molecule has 0 bridgehead atoms. The first-order valence-corrected chi connectivity index (χ1v) is 9.14.